The van der Waals surface area contributed by atoms with Crippen molar-refractivity contribution in [2.24, 2.45) is 11.7 Å². The standard InChI is InChI=1S/C15H24N2O.ClH/c1-3-7-12(2)10-15(18)17-11-14(16)13-8-5-4-6-9-13;/h4-6,8-9,12,14H,3,7,10-11,16H2,1-2H3,(H,17,18);1H. The monoisotopic (exact) mass is 284 g/mol. The minimum absolute atomic E-state index is 0. The summed E-state index contributed by atoms with van der Waals surface area (Å²) in [6, 6.07) is 9.71. The summed E-state index contributed by atoms with van der Waals surface area (Å²) >= 11 is 0. The van der Waals surface area contributed by atoms with Crippen LogP contribution in [-0.4, -0.2) is 12.5 Å². The highest BCUT2D eigenvalue weighted by Crippen LogP contribution is 2.11. The van der Waals surface area contributed by atoms with Crippen LogP contribution in [0.3, 0.4) is 0 Å². The molecule has 19 heavy (non-hydrogen) atoms. The van der Waals surface area contributed by atoms with Gasteiger partial charge in [-0.25, -0.2) is 0 Å². The molecule has 2 atom stereocenters. The maximum atomic E-state index is 11.7. The minimum atomic E-state index is -0.128. The number of carbonyl (C=O) groups excluding carboxylic acids is 1. The van der Waals surface area contributed by atoms with Crippen LogP contribution in [0.2, 0.25) is 0 Å². The summed E-state index contributed by atoms with van der Waals surface area (Å²) in [4.78, 5) is 11.7. The Labute approximate surface area is 122 Å². The summed E-state index contributed by atoms with van der Waals surface area (Å²) in [7, 11) is 0. The summed E-state index contributed by atoms with van der Waals surface area (Å²) in [5.74, 6) is 0.547. The first-order valence-electron chi connectivity index (χ1n) is 6.70. The SMILES string of the molecule is CCCC(C)CC(=O)NCC(N)c1ccccc1.Cl. The van der Waals surface area contributed by atoms with Crippen LogP contribution < -0.4 is 11.1 Å². The molecule has 0 saturated heterocycles. The van der Waals surface area contributed by atoms with Crippen LogP contribution in [0.1, 0.15) is 44.7 Å². The van der Waals surface area contributed by atoms with Crippen LogP contribution in [0, 0.1) is 5.92 Å². The second-order valence-corrected chi connectivity index (χ2v) is 4.92. The second kappa shape index (κ2) is 9.82. The first-order valence-corrected chi connectivity index (χ1v) is 6.70. The lowest BCUT2D eigenvalue weighted by atomic mass is 10.0. The molecule has 3 nitrogen and oxygen atoms in total. The van der Waals surface area contributed by atoms with Crippen molar-refractivity contribution in [2.45, 2.75) is 39.2 Å². The molecule has 0 fully saturated rings. The number of nitrogens with one attached hydrogen (secondary N) is 1. The molecule has 0 bridgehead atoms. The zero-order valence-electron chi connectivity index (χ0n) is 11.8. The van der Waals surface area contributed by atoms with Crippen molar-refractivity contribution >= 4 is 18.3 Å². The number of hydrogen-bond acceptors (Lipinski definition) is 2. The van der Waals surface area contributed by atoms with E-state index in [-0.39, 0.29) is 24.4 Å². The number of nitrogens with two attached hydrogens (primary N) is 1. The van der Waals surface area contributed by atoms with Gasteiger partial charge >= 0.3 is 0 Å². The van der Waals surface area contributed by atoms with Crippen LogP contribution in [0.15, 0.2) is 30.3 Å². The van der Waals surface area contributed by atoms with Gasteiger partial charge in [0.2, 0.25) is 5.91 Å². The Hall–Kier alpha value is -1.06. The van der Waals surface area contributed by atoms with Crippen LogP contribution in [0.5, 0.6) is 0 Å². The maximum absolute atomic E-state index is 11.7. The Morgan fingerprint density at radius 3 is 2.53 bits per heavy atom. The molecule has 1 aromatic rings. The molecule has 0 spiro atoms. The lowest BCUT2D eigenvalue weighted by Gasteiger charge is -2.14. The van der Waals surface area contributed by atoms with E-state index in [1.807, 2.05) is 30.3 Å². The van der Waals surface area contributed by atoms with E-state index in [2.05, 4.69) is 19.2 Å². The highest BCUT2D eigenvalue weighted by molar-refractivity contribution is 5.85. The molecule has 0 saturated carbocycles. The molecule has 0 aliphatic rings. The van der Waals surface area contributed by atoms with E-state index in [4.69, 9.17) is 5.73 Å². The molecule has 0 heterocycles. The van der Waals surface area contributed by atoms with E-state index in [1.165, 1.54) is 0 Å². The fourth-order valence-corrected chi connectivity index (χ4v) is 2.03. The third kappa shape index (κ3) is 7.19. The molecular formula is C15H25ClN2O. The summed E-state index contributed by atoms with van der Waals surface area (Å²) in [5, 5.41) is 2.91. The largest absolute Gasteiger partial charge is 0.354 e. The van der Waals surface area contributed by atoms with Gasteiger partial charge < -0.3 is 11.1 Å². The third-order valence-corrected chi connectivity index (χ3v) is 3.06. The first kappa shape index (κ1) is 17.9. The molecule has 0 aliphatic carbocycles. The highest BCUT2D eigenvalue weighted by Gasteiger charge is 2.10. The van der Waals surface area contributed by atoms with Gasteiger partial charge in [0.25, 0.3) is 0 Å². The number of carbonyl (C=O) groups is 1. The van der Waals surface area contributed by atoms with Crippen LogP contribution in [0.25, 0.3) is 0 Å². The van der Waals surface area contributed by atoms with Crippen molar-refractivity contribution in [3.8, 4) is 0 Å². The molecule has 4 heteroatoms. The van der Waals surface area contributed by atoms with E-state index >= 15 is 0 Å². The molecule has 0 aromatic heterocycles. The number of halogens is 1. The van der Waals surface area contributed by atoms with E-state index in [1.54, 1.807) is 0 Å². The molecule has 108 valence electrons. The van der Waals surface area contributed by atoms with Crippen molar-refractivity contribution in [3.05, 3.63) is 35.9 Å². The summed E-state index contributed by atoms with van der Waals surface area (Å²) < 4.78 is 0. The molecule has 1 rings (SSSR count). The summed E-state index contributed by atoms with van der Waals surface area (Å²) in [6.07, 6.45) is 2.81. The minimum Gasteiger partial charge on any atom is -0.354 e. The molecule has 3 N–H and O–H groups in total. The van der Waals surface area contributed by atoms with Gasteiger partial charge in [-0.2, -0.15) is 0 Å². The molecule has 1 aromatic carbocycles. The quantitative estimate of drug-likeness (QED) is 0.808. The summed E-state index contributed by atoms with van der Waals surface area (Å²) in [5.41, 5.74) is 7.07. The molecule has 0 aliphatic heterocycles. The lowest BCUT2D eigenvalue weighted by molar-refractivity contribution is -0.122. The Balaban J connectivity index is 0.00000324. The number of rotatable bonds is 7. The van der Waals surface area contributed by atoms with Gasteiger partial charge in [-0.15, -0.1) is 12.4 Å². The van der Waals surface area contributed by atoms with Gasteiger partial charge in [-0.05, 0) is 11.5 Å². The van der Waals surface area contributed by atoms with Gasteiger partial charge in [0.1, 0.15) is 0 Å². The van der Waals surface area contributed by atoms with E-state index in [0.29, 0.717) is 18.9 Å². The van der Waals surface area contributed by atoms with Crippen LogP contribution >= 0.6 is 12.4 Å². The van der Waals surface area contributed by atoms with Crippen LogP contribution in [0.4, 0.5) is 0 Å². The van der Waals surface area contributed by atoms with E-state index < -0.39 is 0 Å². The average Bonchev–Trinajstić information content (AvgIpc) is 2.37. The van der Waals surface area contributed by atoms with Gasteiger partial charge in [0, 0.05) is 19.0 Å². The normalized spacial score (nSPS) is 13.2. The second-order valence-electron chi connectivity index (χ2n) is 4.92. The van der Waals surface area contributed by atoms with Gasteiger partial charge in [-0.3, -0.25) is 4.79 Å². The molecule has 1 amide bonds. The Morgan fingerprint density at radius 2 is 1.95 bits per heavy atom. The topological polar surface area (TPSA) is 55.1 Å². The molecular weight excluding hydrogens is 260 g/mol. The zero-order valence-corrected chi connectivity index (χ0v) is 12.6. The van der Waals surface area contributed by atoms with Gasteiger partial charge in [-0.1, -0.05) is 57.0 Å². The lowest BCUT2D eigenvalue weighted by Crippen LogP contribution is -2.32. The fourth-order valence-electron chi connectivity index (χ4n) is 2.03. The van der Waals surface area contributed by atoms with Crippen molar-refractivity contribution in [1.82, 2.24) is 5.32 Å². The van der Waals surface area contributed by atoms with Gasteiger partial charge in [0.05, 0.1) is 0 Å². The Kier molecular flexibility index (Phi) is 9.27. The van der Waals surface area contributed by atoms with Gasteiger partial charge in [0.15, 0.2) is 0 Å². The first-order chi connectivity index (χ1) is 8.63. The van der Waals surface area contributed by atoms with Crippen molar-refractivity contribution in [2.75, 3.05) is 6.54 Å². The number of amides is 1. The average molecular weight is 285 g/mol. The third-order valence-electron chi connectivity index (χ3n) is 3.06. The van der Waals surface area contributed by atoms with Crippen LogP contribution in [-0.2, 0) is 4.79 Å². The van der Waals surface area contributed by atoms with Crippen molar-refractivity contribution in [1.29, 1.82) is 0 Å². The van der Waals surface area contributed by atoms with Crippen molar-refractivity contribution < 1.29 is 4.79 Å². The van der Waals surface area contributed by atoms with E-state index in [0.717, 1.165) is 18.4 Å². The molecule has 0 radical (unpaired) electrons. The summed E-state index contributed by atoms with van der Waals surface area (Å²) in [6.45, 7) is 4.75. The number of hydrogen-bond donors (Lipinski definition) is 2. The zero-order chi connectivity index (χ0) is 13.4. The Morgan fingerprint density at radius 1 is 1.32 bits per heavy atom. The molecule has 2 unspecified atom stereocenters. The maximum Gasteiger partial charge on any atom is 0.220 e. The van der Waals surface area contributed by atoms with Crippen molar-refractivity contribution in [3.63, 3.8) is 0 Å². The van der Waals surface area contributed by atoms with E-state index in [9.17, 15) is 4.79 Å². The predicted octanol–water partition coefficient (Wildman–Crippen LogP) is 3.05. The highest BCUT2D eigenvalue weighted by atomic mass is 35.5. The predicted molar refractivity (Wildman–Crippen MR) is 82.3 cm³/mol. The Bertz CT molecular complexity index is 356. The smallest absolute Gasteiger partial charge is 0.220 e. The number of benzene rings is 1. The fraction of sp³-hybridized carbons (Fsp3) is 0.533.